The number of nitrogens with one attached hydrogen (secondary N) is 2. The Morgan fingerprint density at radius 1 is 1.17 bits per heavy atom. The first-order chi connectivity index (χ1) is 20.3. The average Bonchev–Trinajstić information content (AvgIpc) is 3.72. The summed E-state index contributed by atoms with van der Waals surface area (Å²) in [4.78, 5) is 8.64. The third-order valence-electron chi connectivity index (χ3n) is 7.25. The molecule has 0 aliphatic heterocycles. The lowest BCUT2D eigenvalue weighted by atomic mass is 10.0. The number of nitriles is 1. The smallest absolute Gasteiger partial charge is 0.141 e. The van der Waals surface area contributed by atoms with E-state index in [-0.39, 0.29) is 12.1 Å². The first kappa shape index (κ1) is 25.4. The first-order valence-corrected chi connectivity index (χ1v) is 13.9. The second-order valence-electron chi connectivity index (χ2n) is 10.1. The molecule has 1 fully saturated rings. The van der Waals surface area contributed by atoms with Gasteiger partial charge in [0, 0.05) is 28.5 Å². The molecule has 0 amide bonds. The highest BCUT2D eigenvalue weighted by atomic mass is 35.5. The summed E-state index contributed by atoms with van der Waals surface area (Å²) >= 11 is 6.77. The number of hydrogen-bond donors (Lipinski definition) is 2. The molecule has 1 saturated carbocycles. The molecule has 6 rings (SSSR count). The molecule has 41 heavy (non-hydrogen) atoms. The quantitative estimate of drug-likeness (QED) is 0.193. The van der Waals surface area contributed by atoms with E-state index in [9.17, 15) is 11.0 Å². The van der Waals surface area contributed by atoms with Crippen molar-refractivity contribution in [3.63, 3.8) is 0 Å². The van der Waals surface area contributed by atoms with Crippen molar-refractivity contribution in [2.24, 2.45) is 0 Å². The van der Waals surface area contributed by atoms with Gasteiger partial charge in [-0.05, 0) is 49.9 Å². The summed E-state index contributed by atoms with van der Waals surface area (Å²) in [5.41, 5.74) is 4.04. The van der Waals surface area contributed by atoms with E-state index in [4.69, 9.17) is 11.6 Å². The van der Waals surface area contributed by atoms with Gasteiger partial charge < -0.3 is 10.6 Å². The van der Waals surface area contributed by atoms with E-state index >= 15 is 0 Å². The summed E-state index contributed by atoms with van der Waals surface area (Å²) in [5.74, 6) is -0.568. The molecule has 3 aromatic heterocycles. The average molecular weight is 568 g/mol. The van der Waals surface area contributed by atoms with Crippen LogP contribution in [0.2, 0.25) is 5.02 Å². The Morgan fingerprint density at radius 3 is 2.71 bits per heavy atom. The Morgan fingerprint density at radius 2 is 1.98 bits per heavy atom. The highest BCUT2D eigenvalue weighted by Crippen LogP contribution is 2.38. The third kappa shape index (κ3) is 5.43. The van der Waals surface area contributed by atoms with Crippen LogP contribution in [-0.4, -0.2) is 25.0 Å². The topological polar surface area (TPSA) is 104 Å². The van der Waals surface area contributed by atoms with Gasteiger partial charge in [-0.25, -0.2) is 9.07 Å². The number of halogens is 2. The number of anilines is 2. The molecule has 206 valence electrons. The summed E-state index contributed by atoms with van der Waals surface area (Å²) < 4.78 is 25.9. The van der Waals surface area contributed by atoms with Crippen LogP contribution < -0.4 is 10.6 Å². The molecule has 3 heterocycles. The second-order valence-corrected chi connectivity index (χ2v) is 10.5. The normalized spacial score (nSPS) is 15.5. The van der Waals surface area contributed by atoms with Gasteiger partial charge >= 0.3 is 0 Å². The number of hydrogen-bond acceptors (Lipinski definition) is 7. The molecule has 0 saturated heterocycles. The lowest BCUT2D eigenvalue weighted by Gasteiger charge is -2.23. The van der Waals surface area contributed by atoms with Gasteiger partial charge in [-0.1, -0.05) is 54.1 Å². The number of aryl methyl sites for hydroxylation is 1. The van der Waals surface area contributed by atoms with Crippen molar-refractivity contribution in [2.75, 3.05) is 10.6 Å². The van der Waals surface area contributed by atoms with E-state index in [2.05, 4.69) is 43.9 Å². The fraction of sp³-hybridized carbons (Fsp3) is 0.258. The Labute approximate surface area is 243 Å². The summed E-state index contributed by atoms with van der Waals surface area (Å²) in [6.07, 6.45) is 7.11. The molecule has 10 heteroatoms. The van der Waals surface area contributed by atoms with Crippen molar-refractivity contribution in [3.8, 4) is 6.07 Å². The summed E-state index contributed by atoms with van der Waals surface area (Å²) in [6, 6.07) is 15.4. The van der Waals surface area contributed by atoms with Crippen LogP contribution in [0.3, 0.4) is 0 Å². The predicted octanol–water partition coefficient (Wildman–Crippen LogP) is 7.29. The molecular formula is C31H28ClFN8. The molecule has 1 aliphatic carbocycles. The number of benzene rings is 2. The molecule has 2 N–H and O–H groups in total. The highest BCUT2D eigenvalue weighted by molar-refractivity contribution is 6.35. The van der Waals surface area contributed by atoms with Crippen molar-refractivity contribution in [1.82, 2.24) is 25.0 Å². The lowest BCUT2D eigenvalue weighted by Crippen LogP contribution is -2.16. The Kier molecular flexibility index (Phi) is 6.91. The van der Waals surface area contributed by atoms with Gasteiger partial charge in [0.1, 0.15) is 17.6 Å². The standard InChI is InChI=1S/C31H28ClFN8/c1-3-27(19-7-5-4-6-8-19)38-29-20(14-34)15-36-30-25(29)12-22(13-26(30)32)37-31(24-11-21(33)16-35-18(24)2)28-17-41(40-39-28)23-9-10-23/h4-8,11-13,15-17,23,27,31,37H,3,9-10H2,1-2H3,(H,36,38)/i31D. The molecule has 0 spiro atoms. The monoisotopic (exact) mass is 567 g/mol. The minimum absolute atomic E-state index is 0.0759. The fourth-order valence-electron chi connectivity index (χ4n) is 4.94. The number of rotatable bonds is 9. The fourth-order valence-corrected chi connectivity index (χ4v) is 5.20. The van der Waals surface area contributed by atoms with Crippen LogP contribution in [0.25, 0.3) is 10.9 Å². The maximum atomic E-state index is 14.5. The van der Waals surface area contributed by atoms with Crippen LogP contribution in [0.4, 0.5) is 15.8 Å². The van der Waals surface area contributed by atoms with Gasteiger partial charge in [0.15, 0.2) is 0 Å². The van der Waals surface area contributed by atoms with Crippen molar-refractivity contribution >= 4 is 33.9 Å². The first-order valence-electron chi connectivity index (χ1n) is 14.0. The lowest BCUT2D eigenvalue weighted by molar-refractivity contribution is 0.610. The predicted molar refractivity (Wildman–Crippen MR) is 157 cm³/mol. The number of fused-ring (bicyclic) bond motifs is 1. The van der Waals surface area contributed by atoms with E-state index in [1.54, 1.807) is 29.9 Å². The zero-order chi connectivity index (χ0) is 29.4. The largest absolute Gasteiger partial charge is 0.377 e. The summed E-state index contributed by atoms with van der Waals surface area (Å²) in [5, 5.41) is 26.3. The van der Waals surface area contributed by atoms with Crippen molar-refractivity contribution < 1.29 is 5.76 Å². The van der Waals surface area contributed by atoms with Crippen LogP contribution in [-0.2, 0) is 0 Å². The van der Waals surface area contributed by atoms with Crippen LogP contribution >= 0.6 is 11.6 Å². The Bertz CT molecular complexity index is 1820. The molecular weight excluding hydrogens is 539 g/mol. The van der Waals surface area contributed by atoms with Gasteiger partial charge in [0.2, 0.25) is 0 Å². The molecule has 5 aromatic rings. The van der Waals surface area contributed by atoms with E-state index in [1.807, 2.05) is 30.3 Å². The SMILES string of the molecule is [2H]C(Nc1cc(Cl)c2ncc(C#N)c(NC(CC)c3ccccc3)c2c1)(c1cn(C2CC2)nn1)c1cc(F)cnc1C. The number of aromatic nitrogens is 5. The zero-order valence-corrected chi connectivity index (χ0v) is 23.3. The van der Waals surface area contributed by atoms with E-state index in [1.165, 1.54) is 12.3 Å². The van der Waals surface area contributed by atoms with Gasteiger partial charge in [-0.3, -0.25) is 9.97 Å². The highest BCUT2D eigenvalue weighted by Gasteiger charge is 2.28. The van der Waals surface area contributed by atoms with Crippen molar-refractivity contribution in [2.45, 2.75) is 51.2 Å². The second kappa shape index (κ2) is 11.1. The van der Waals surface area contributed by atoms with Gasteiger partial charge in [0.05, 0.1) is 53.7 Å². The van der Waals surface area contributed by atoms with Gasteiger partial charge in [-0.15, -0.1) is 5.10 Å². The van der Waals surface area contributed by atoms with Crippen molar-refractivity contribution in [3.05, 3.63) is 106 Å². The number of pyridine rings is 2. The van der Waals surface area contributed by atoms with Crippen LogP contribution in [0.15, 0.2) is 67.1 Å². The zero-order valence-electron chi connectivity index (χ0n) is 23.6. The number of nitrogens with zero attached hydrogens (tertiary/aromatic N) is 6. The maximum absolute atomic E-state index is 14.5. The Balaban J connectivity index is 1.48. The minimum Gasteiger partial charge on any atom is -0.377 e. The molecule has 0 bridgehead atoms. The van der Waals surface area contributed by atoms with E-state index in [0.717, 1.165) is 31.0 Å². The van der Waals surface area contributed by atoms with Crippen LogP contribution in [0, 0.1) is 24.1 Å². The summed E-state index contributed by atoms with van der Waals surface area (Å²) in [7, 11) is 0. The van der Waals surface area contributed by atoms with Crippen molar-refractivity contribution in [1.29, 1.82) is 5.26 Å². The van der Waals surface area contributed by atoms with Crippen LogP contribution in [0.1, 0.15) is 73.7 Å². The third-order valence-corrected chi connectivity index (χ3v) is 7.54. The van der Waals surface area contributed by atoms with E-state index in [0.29, 0.717) is 49.8 Å². The van der Waals surface area contributed by atoms with Gasteiger partial charge in [0.25, 0.3) is 0 Å². The maximum Gasteiger partial charge on any atom is 0.141 e. The molecule has 8 nitrogen and oxygen atoms in total. The molecule has 2 atom stereocenters. The summed E-state index contributed by atoms with van der Waals surface area (Å²) in [6.45, 7) is 3.79. The Hall–Kier alpha value is -4.55. The molecule has 2 unspecified atom stereocenters. The molecule has 1 aliphatic rings. The molecule has 0 radical (unpaired) electrons. The molecule has 2 aromatic carbocycles. The minimum atomic E-state index is -1.76. The van der Waals surface area contributed by atoms with E-state index < -0.39 is 11.8 Å². The van der Waals surface area contributed by atoms with Gasteiger partial charge in [-0.2, -0.15) is 5.26 Å². The van der Waals surface area contributed by atoms with Crippen LogP contribution in [0.5, 0.6) is 0 Å².